The zero-order valence-electron chi connectivity index (χ0n) is 7.37. The van der Waals surface area contributed by atoms with E-state index in [1.54, 1.807) is 0 Å². The van der Waals surface area contributed by atoms with Crippen molar-refractivity contribution in [2.75, 3.05) is 0 Å². The molecule has 0 aliphatic heterocycles. The molecule has 3 atom stereocenters. The van der Waals surface area contributed by atoms with Crippen molar-refractivity contribution in [2.45, 2.75) is 22.4 Å². The molecule has 13 heavy (non-hydrogen) atoms. The van der Waals surface area contributed by atoms with Crippen LogP contribution in [0.5, 0.6) is 0 Å². The summed E-state index contributed by atoms with van der Waals surface area (Å²) in [6, 6.07) is 9.43. The molecule has 1 nitrogen and oxygen atoms in total. The van der Waals surface area contributed by atoms with Gasteiger partial charge in [0.1, 0.15) is 4.21 Å². The molecule has 0 amide bonds. The number of rotatable bonds is 2. The van der Waals surface area contributed by atoms with Crippen LogP contribution in [0.2, 0.25) is 0 Å². The minimum atomic E-state index is -1.05. The molecule has 1 aliphatic rings. The van der Waals surface area contributed by atoms with E-state index in [0.717, 1.165) is 11.3 Å². The zero-order valence-corrected chi connectivity index (χ0v) is 8.94. The SMILES string of the molecule is CC1CC1(Cl)S(=O)c1ccccc1. The van der Waals surface area contributed by atoms with Gasteiger partial charge in [0.15, 0.2) is 0 Å². The highest BCUT2D eigenvalue weighted by Crippen LogP contribution is 2.53. The van der Waals surface area contributed by atoms with E-state index in [2.05, 4.69) is 0 Å². The molecule has 2 rings (SSSR count). The number of halogens is 1. The first kappa shape index (κ1) is 9.22. The van der Waals surface area contributed by atoms with Crippen LogP contribution in [0.4, 0.5) is 0 Å². The molecule has 1 saturated carbocycles. The second kappa shape index (κ2) is 3.10. The van der Waals surface area contributed by atoms with Crippen LogP contribution in [-0.2, 0) is 10.8 Å². The van der Waals surface area contributed by atoms with E-state index in [-0.39, 0.29) is 0 Å². The quantitative estimate of drug-likeness (QED) is 0.692. The summed E-state index contributed by atoms with van der Waals surface area (Å²) in [6.45, 7) is 2.04. The highest BCUT2D eigenvalue weighted by Gasteiger charge is 2.55. The molecule has 70 valence electrons. The standard InChI is InChI=1S/C10H11ClOS/c1-8-7-10(8,11)13(12)9-5-3-2-4-6-9/h2-6,8H,7H2,1H3. The number of benzene rings is 1. The fourth-order valence-corrected chi connectivity index (χ4v) is 3.42. The van der Waals surface area contributed by atoms with Gasteiger partial charge in [-0.15, -0.1) is 11.6 Å². The summed E-state index contributed by atoms with van der Waals surface area (Å²) in [6.07, 6.45) is 0.857. The third-order valence-corrected chi connectivity index (χ3v) is 5.26. The molecule has 0 aromatic heterocycles. The van der Waals surface area contributed by atoms with E-state index >= 15 is 0 Å². The van der Waals surface area contributed by atoms with Gasteiger partial charge in [0.25, 0.3) is 0 Å². The Morgan fingerprint density at radius 3 is 2.46 bits per heavy atom. The topological polar surface area (TPSA) is 17.1 Å². The van der Waals surface area contributed by atoms with Crippen LogP contribution >= 0.6 is 11.6 Å². The van der Waals surface area contributed by atoms with Crippen molar-refractivity contribution in [1.82, 2.24) is 0 Å². The maximum Gasteiger partial charge on any atom is 0.127 e. The largest absolute Gasteiger partial charge is 0.252 e. The Bertz CT molecular complexity index is 338. The fraction of sp³-hybridized carbons (Fsp3) is 0.400. The van der Waals surface area contributed by atoms with E-state index in [9.17, 15) is 4.21 Å². The maximum atomic E-state index is 11.9. The summed E-state index contributed by atoms with van der Waals surface area (Å²) in [5.74, 6) is 0.371. The van der Waals surface area contributed by atoms with Gasteiger partial charge in [-0.25, -0.2) is 0 Å². The summed E-state index contributed by atoms with van der Waals surface area (Å²) < 4.78 is 11.4. The predicted octanol–water partition coefficient (Wildman–Crippen LogP) is 2.77. The Labute approximate surface area is 85.6 Å². The van der Waals surface area contributed by atoms with Gasteiger partial charge in [-0.05, 0) is 24.5 Å². The molecular weight excluding hydrogens is 204 g/mol. The molecule has 3 unspecified atom stereocenters. The Hall–Kier alpha value is -0.340. The lowest BCUT2D eigenvalue weighted by Crippen LogP contribution is -2.10. The van der Waals surface area contributed by atoms with Crippen LogP contribution in [0.3, 0.4) is 0 Å². The van der Waals surface area contributed by atoms with Crippen LogP contribution in [-0.4, -0.2) is 8.42 Å². The molecule has 1 aliphatic carbocycles. The van der Waals surface area contributed by atoms with Crippen molar-refractivity contribution in [3.63, 3.8) is 0 Å². The van der Waals surface area contributed by atoms with Gasteiger partial charge in [-0.3, -0.25) is 4.21 Å². The van der Waals surface area contributed by atoms with Crippen molar-refractivity contribution >= 4 is 22.4 Å². The van der Waals surface area contributed by atoms with Crippen molar-refractivity contribution in [3.8, 4) is 0 Å². The number of alkyl halides is 1. The smallest absolute Gasteiger partial charge is 0.127 e. The average Bonchev–Trinajstić information content (AvgIpc) is 2.76. The first-order chi connectivity index (χ1) is 6.14. The van der Waals surface area contributed by atoms with Crippen LogP contribution < -0.4 is 0 Å². The lowest BCUT2D eigenvalue weighted by Gasteiger charge is -2.06. The van der Waals surface area contributed by atoms with Gasteiger partial charge in [0.2, 0.25) is 0 Å². The van der Waals surface area contributed by atoms with Gasteiger partial charge in [0.05, 0.1) is 10.8 Å². The monoisotopic (exact) mass is 214 g/mol. The average molecular weight is 215 g/mol. The zero-order chi connectivity index (χ0) is 9.47. The summed E-state index contributed by atoms with van der Waals surface area (Å²) in [7, 11) is -1.05. The Balaban J connectivity index is 2.25. The second-order valence-electron chi connectivity index (χ2n) is 3.47. The van der Waals surface area contributed by atoms with E-state index in [4.69, 9.17) is 11.6 Å². The predicted molar refractivity (Wildman–Crippen MR) is 55.2 cm³/mol. The molecule has 1 aromatic rings. The van der Waals surface area contributed by atoms with E-state index < -0.39 is 15.0 Å². The molecule has 0 bridgehead atoms. The van der Waals surface area contributed by atoms with Gasteiger partial charge in [-0.1, -0.05) is 25.1 Å². The van der Waals surface area contributed by atoms with Crippen LogP contribution in [0.25, 0.3) is 0 Å². The van der Waals surface area contributed by atoms with E-state index in [0.29, 0.717) is 5.92 Å². The maximum absolute atomic E-state index is 11.9. The summed E-state index contributed by atoms with van der Waals surface area (Å²) in [5.41, 5.74) is 0. The molecule has 0 radical (unpaired) electrons. The van der Waals surface area contributed by atoms with Crippen molar-refractivity contribution in [3.05, 3.63) is 30.3 Å². The van der Waals surface area contributed by atoms with Gasteiger partial charge < -0.3 is 0 Å². The normalized spacial score (nSPS) is 34.2. The van der Waals surface area contributed by atoms with Crippen molar-refractivity contribution in [1.29, 1.82) is 0 Å². The molecule has 0 spiro atoms. The fourth-order valence-electron chi connectivity index (χ4n) is 1.36. The van der Waals surface area contributed by atoms with Crippen molar-refractivity contribution < 1.29 is 4.21 Å². The lowest BCUT2D eigenvalue weighted by molar-refractivity contribution is 0.677. The molecule has 3 heteroatoms. The molecule has 0 heterocycles. The third kappa shape index (κ3) is 1.53. The van der Waals surface area contributed by atoms with E-state index in [1.807, 2.05) is 37.3 Å². The minimum Gasteiger partial charge on any atom is -0.252 e. The van der Waals surface area contributed by atoms with Gasteiger partial charge in [0, 0.05) is 4.90 Å². The summed E-state index contributed by atoms with van der Waals surface area (Å²) >= 11 is 6.18. The number of hydrogen-bond acceptors (Lipinski definition) is 1. The molecular formula is C10H11ClOS. The van der Waals surface area contributed by atoms with Crippen LogP contribution in [0, 0.1) is 5.92 Å². The first-order valence-corrected chi connectivity index (χ1v) is 5.83. The van der Waals surface area contributed by atoms with Gasteiger partial charge >= 0.3 is 0 Å². The van der Waals surface area contributed by atoms with Gasteiger partial charge in [-0.2, -0.15) is 0 Å². The molecule has 0 N–H and O–H groups in total. The lowest BCUT2D eigenvalue weighted by atomic mass is 10.4. The van der Waals surface area contributed by atoms with Crippen molar-refractivity contribution in [2.24, 2.45) is 5.92 Å². The number of hydrogen-bond donors (Lipinski definition) is 0. The second-order valence-corrected chi connectivity index (χ2v) is 6.11. The molecule has 1 fully saturated rings. The third-order valence-electron chi connectivity index (χ3n) is 2.43. The Morgan fingerprint density at radius 2 is 2.00 bits per heavy atom. The highest BCUT2D eigenvalue weighted by atomic mass is 35.5. The minimum absolute atomic E-state index is 0.371. The first-order valence-electron chi connectivity index (χ1n) is 4.30. The summed E-state index contributed by atoms with van der Waals surface area (Å²) in [4.78, 5) is 0.835. The molecule has 0 saturated heterocycles. The highest BCUT2D eigenvalue weighted by molar-refractivity contribution is 7.88. The van der Waals surface area contributed by atoms with E-state index in [1.165, 1.54) is 0 Å². The molecule has 1 aromatic carbocycles. The Morgan fingerprint density at radius 1 is 1.46 bits per heavy atom. The van der Waals surface area contributed by atoms with Crippen LogP contribution in [0.1, 0.15) is 13.3 Å². The van der Waals surface area contributed by atoms with Crippen LogP contribution in [0.15, 0.2) is 35.2 Å². The summed E-state index contributed by atoms with van der Waals surface area (Å²) in [5, 5.41) is 0. The Kier molecular flexibility index (Phi) is 2.20.